The van der Waals surface area contributed by atoms with Gasteiger partial charge in [-0.2, -0.15) is 0 Å². The molecule has 0 unspecified atom stereocenters. The number of hydrogen-bond donors (Lipinski definition) is 2. The molecule has 0 radical (unpaired) electrons. The average molecular weight is 470 g/mol. The smallest absolute Gasteiger partial charge is 0.298 e. The Morgan fingerprint density at radius 3 is 2.49 bits per heavy atom. The molecular formula is C26H23N5O4. The summed E-state index contributed by atoms with van der Waals surface area (Å²) in [6.45, 7) is 2.73. The van der Waals surface area contributed by atoms with E-state index in [1.165, 1.54) is 0 Å². The Bertz CT molecular complexity index is 1480. The molecule has 9 nitrogen and oxygen atoms in total. The van der Waals surface area contributed by atoms with E-state index in [-0.39, 0.29) is 17.5 Å². The lowest BCUT2D eigenvalue weighted by Gasteiger charge is -2.37. The molecule has 1 fully saturated rings. The summed E-state index contributed by atoms with van der Waals surface area (Å²) in [6, 6.07) is 14.6. The fourth-order valence-electron chi connectivity index (χ4n) is 4.21. The molecule has 1 aliphatic rings. The Labute approximate surface area is 201 Å². The van der Waals surface area contributed by atoms with Crippen LogP contribution in [0.25, 0.3) is 16.9 Å². The molecule has 3 heterocycles. The van der Waals surface area contributed by atoms with Crippen LogP contribution >= 0.6 is 0 Å². The van der Waals surface area contributed by atoms with Gasteiger partial charge in [-0.1, -0.05) is 18.1 Å². The Hall–Kier alpha value is -4.71. The largest absolute Gasteiger partial charge is 0.493 e. The van der Waals surface area contributed by atoms with E-state index in [2.05, 4.69) is 16.9 Å². The van der Waals surface area contributed by atoms with Gasteiger partial charge in [-0.25, -0.2) is 9.50 Å². The molecule has 0 bridgehead atoms. The SMILES string of the molecule is CC#CC(=O)N1CC(c2c[nH]n3c(C(N)=O)c(-c4ccc(Oc5ccccc5OC)cc4)nc23)C1. The van der Waals surface area contributed by atoms with Gasteiger partial charge < -0.3 is 20.1 Å². The topological polar surface area (TPSA) is 115 Å². The summed E-state index contributed by atoms with van der Waals surface area (Å²) < 4.78 is 12.9. The third-order valence-electron chi connectivity index (χ3n) is 5.98. The molecule has 4 aromatic rings. The number of nitrogens with one attached hydrogen (secondary N) is 1. The summed E-state index contributed by atoms with van der Waals surface area (Å²) in [7, 11) is 1.59. The van der Waals surface area contributed by atoms with E-state index >= 15 is 0 Å². The summed E-state index contributed by atoms with van der Waals surface area (Å²) in [4.78, 5) is 30.8. The van der Waals surface area contributed by atoms with E-state index in [0.717, 1.165) is 11.1 Å². The van der Waals surface area contributed by atoms with Gasteiger partial charge in [0.25, 0.3) is 11.8 Å². The maximum absolute atomic E-state index is 12.4. The van der Waals surface area contributed by atoms with E-state index in [1.54, 1.807) is 41.8 Å². The summed E-state index contributed by atoms with van der Waals surface area (Å²) in [6.07, 6.45) is 1.81. The zero-order valence-electron chi connectivity index (χ0n) is 19.2. The molecule has 2 amide bonds. The molecule has 0 aliphatic carbocycles. The fraction of sp³-hybridized carbons (Fsp3) is 0.192. The van der Waals surface area contributed by atoms with Crippen molar-refractivity contribution in [1.82, 2.24) is 19.5 Å². The number of benzene rings is 2. The van der Waals surface area contributed by atoms with Gasteiger partial charge >= 0.3 is 0 Å². The van der Waals surface area contributed by atoms with Gasteiger partial charge in [0.15, 0.2) is 22.8 Å². The first-order chi connectivity index (χ1) is 17.0. The number of carbonyl (C=O) groups excluding carboxylic acids is 2. The van der Waals surface area contributed by atoms with Gasteiger partial charge in [0.05, 0.1) is 7.11 Å². The number of likely N-dealkylation sites (tertiary alicyclic amines) is 1. The number of aromatic nitrogens is 3. The number of methoxy groups -OCH3 is 1. The van der Waals surface area contributed by atoms with Crippen molar-refractivity contribution in [1.29, 1.82) is 0 Å². The number of ether oxygens (including phenoxy) is 2. The van der Waals surface area contributed by atoms with Crippen molar-refractivity contribution in [2.24, 2.45) is 5.73 Å². The number of para-hydroxylation sites is 2. The van der Waals surface area contributed by atoms with E-state index in [9.17, 15) is 9.59 Å². The number of aromatic amines is 1. The fourth-order valence-corrected chi connectivity index (χ4v) is 4.21. The summed E-state index contributed by atoms with van der Waals surface area (Å²) in [5.41, 5.74) is 8.71. The van der Waals surface area contributed by atoms with Gasteiger partial charge in [0, 0.05) is 36.3 Å². The minimum atomic E-state index is -0.598. The number of nitrogens with two attached hydrogens (primary N) is 1. The van der Waals surface area contributed by atoms with Gasteiger partial charge in [-0.3, -0.25) is 14.7 Å². The first-order valence-corrected chi connectivity index (χ1v) is 11.0. The standard InChI is InChI=1S/C26H23N5O4/c1-3-6-22(32)30-14-17(15-30)19-13-28-31-24(25(27)33)23(29-26(19)31)16-9-11-18(12-10-16)35-21-8-5-4-7-20(21)34-2/h4-5,7-13,17,28H,14-15H2,1-2H3,(H2,27,33). The van der Waals surface area contributed by atoms with E-state index < -0.39 is 5.91 Å². The number of imidazole rings is 1. The minimum Gasteiger partial charge on any atom is -0.493 e. The summed E-state index contributed by atoms with van der Waals surface area (Å²) in [5.74, 6) is 6.33. The van der Waals surface area contributed by atoms with Crippen LogP contribution in [0.15, 0.2) is 54.7 Å². The number of nitrogens with zero attached hydrogens (tertiary/aromatic N) is 3. The van der Waals surface area contributed by atoms with E-state index in [4.69, 9.17) is 20.2 Å². The van der Waals surface area contributed by atoms with Crippen LogP contribution in [-0.2, 0) is 4.79 Å². The van der Waals surface area contributed by atoms with Crippen molar-refractivity contribution in [2.75, 3.05) is 20.2 Å². The van der Waals surface area contributed by atoms with E-state index in [0.29, 0.717) is 41.7 Å². The Morgan fingerprint density at radius 2 is 1.83 bits per heavy atom. The number of fused-ring (bicyclic) bond motifs is 1. The third kappa shape index (κ3) is 3.95. The Morgan fingerprint density at radius 1 is 1.11 bits per heavy atom. The van der Waals surface area contributed by atoms with E-state index in [1.807, 2.05) is 36.4 Å². The van der Waals surface area contributed by atoms with Crippen LogP contribution in [0.5, 0.6) is 17.2 Å². The number of carbonyl (C=O) groups is 2. The summed E-state index contributed by atoms with van der Waals surface area (Å²) >= 11 is 0. The predicted molar refractivity (Wildman–Crippen MR) is 129 cm³/mol. The van der Waals surface area contributed by atoms with Crippen LogP contribution in [0.1, 0.15) is 28.9 Å². The molecular weight excluding hydrogens is 446 g/mol. The molecule has 0 saturated carbocycles. The Balaban J connectivity index is 1.43. The minimum absolute atomic E-state index is 0.0963. The van der Waals surface area contributed by atoms with Crippen molar-refractivity contribution in [2.45, 2.75) is 12.8 Å². The van der Waals surface area contributed by atoms with Crippen LogP contribution < -0.4 is 15.2 Å². The zero-order valence-corrected chi connectivity index (χ0v) is 19.2. The number of amides is 2. The van der Waals surface area contributed by atoms with Crippen LogP contribution in [0.3, 0.4) is 0 Å². The van der Waals surface area contributed by atoms with Crippen LogP contribution in [0.2, 0.25) is 0 Å². The zero-order chi connectivity index (χ0) is 24.5. The molecule has 2 aromatic heterocycles. The summed E-state index contributed by atoms with van der Waals surface area (Å²) in [5, 5.41) is 3.09. The molecule has 9 heteroatoms. The highest BCUT2D eigenvalue weighted by Crippen LogP contribution is 2.35. The number of H-pyrrole nitrogens is 1. The highest BCUT2D eigenvalue weighted by Gasteiger charge is 2.34. The molecule has 176 valence electrons. The molecule has 35 heavy (non-hydrogen) atoms. The monoisotopic (exact) mass is 469 g/mol. The quantitative estimate of drug-likeness (QED) is 0.421. The second kappa shape index (κ2) is 8.91. The number of primary amides is 1. The van der Waals surface area contributed by atoms with Crippen molar-refractivity contribution in [3.63, 3.8) is 0 Å². The van der Waals surface area contributed by atoms with Crippen molar-refractivity contribution >= 4 is 17.5 Å². The van der Waals surface area contributed by atoms with Crippen LogP contribution in [0.4, 0.5) is 0 Å². The second-order valence-electron chi connectivity index (χ2n) is 8.12. The Kier molecular flexibility index (Phi) is 5.63. The predicted octanol–water partition coefficient (Wildman–Crippen LogP) is 3.18. The van der Waals surface area contributed by atoms with Crippen LogP contribution in [-0.4, -0.2) is 51.5 Å². The highest BCUT2D eigenvalue weighted by atomic mass is 16.5. The molecule has 0 spiro atoms. The lowest BCUT2D eigenvalue weighted by atomic mass is 9.93. The number of rotatable bonds is 6. The van der Waals surface area contributed by atoms with Gasteiger partial charge in [0.2, 0.25) is 0 Å². The van der Waals surface area contributed by atoms with Gasteiger partial charge in [0.1, 0.15) is 11.4 Å². The molecule has 0 atom stereocenters. The lowest BCUT2D eigenvalue weighted by molar-refractivity contribution is -0.129. The van der Waals surface area contributed by atoms with Gasteiger partial charge in [-0.15, -0.1) is 0 Å². The lowest BCUT2D eigenvalue weighted by Crippen LogP contribution is -2.47. The normalized spacial score (nSPS) is 13.1. The maximum atomic E-state index is 12.4. The highest BCUT2D eigenvalue weighted by molar-refractivity contribution is 5.99. The van der Waals surface area contributed by atoms with Crippen molar-refractivity contribution in [3.05, 3.63) is 66.0 Å². The van der Waals surface area contributed by atoms with Crippen molar-refractivity contribution in [3.8, 4) is 40.3 Å². The number of hydrogen-bond acceptors (Lipinski definition) is 5. The first kappa shape index (κ1) is 22.1. The molecule has 2 aromatic carbocycles. The third-order valence-corrected chi connectivity index (χ3v) is 5.98. The van der Waals surface area contributed by atoms with Crippen molar-refractivity contribution < 1.29 is 19.1 Å². The van der Waals surface area contributed by atoms with Crippen LogP contribution in [0, 0.1) is 11.8 Å². The van der Waals surface area contributed by atoms with Gasteiger partial charge in [-0.05, 0) is 49.2 Å². The maximum Gasteiger partial charge on any atom is 0.298 e. The first-order valence-electron chi connectivity index (χ1n) is 11.0. The molecule has 1 saturated heterocycles. The molecule has 3 N–H and O–H groups in total. The molecule has 5 rings (SSSR count). The average Bonchev–Trinajstić information content (AvgIpc) is 3.39. The second-order valence-corrected chi connectivity index (χ2v) is 8.12. The molecule has 1 aliphatic heterocycles.